The Balaban J connectivity index is 2.41. The fraction of sp³-hybridized carbons (Fsp3) is 0.250. The molecule has 5 nitrogen and oxygen atoms in total. The minimum absolute atomic E-state index is 0.200. The van der Waals surface area contributed by atoms with E-state index >= 15 is 0 Å². The summed E-state index contributed by atoms with van der Waals surface area (Å²) in [5.41, 5.74) is 1.33. The van der Waals surface area contributed by atoms with Gasteiger partial charge in [-0.25, -0.2) is 8.42 Å². The first-order valence-corrected chi connectivity index (χ1v) is 9.02. The standard InChI is InChI=1S/C16H18ClNO4S/c1-21-15-9-8-14(10-16(15)22-2)18(23(3,19)20)11-12-4-6-13(17)7-5-12/h4-10H,11H2,1-3H3. The first-order valence-electron chi connectivity index (χ1n) is 6.79. The molecule has 0 heterocycles. The van der Waals surface area contributed by atoms with Crippen LogP contribution in [0, 0.1) is 0 Å². The molecule has 0 N–H and O–H groups in total. The predicted molar refractivity (Wildman–Crippen MR) is 92.0 cm³/mol. The second kappa shape index (κ2) is 7.10. The van der Waals surface area contributed by atoms with Crippen molar-refractivity contribution >= 4 is 27.3 Å². The van der Waals surface area contributed by atoms with Crippen molar-refractivity contribution in [1.29, 1.82) is 0 Å². The molecule has 7 heteroatoms. The lowest BCUT2D eigenvalue weighted by Gasteiger charge is -2.23. The molecule has 0 radical (unpaired) electrons. The highest BCUT2D eigenvalue weighted by atomic mass is 35.5. The van der Waals surface area contributed by atoms with Gasteiger partial charge in [0.05, 0.1) is 32.7 Å². The molecule has 0 saturated carbocycles. The van der Waals surface area contributed by atoms with Gasteiger partial charge in [-0.2, -0.15) is 0 Å². The summed E-state index contributed by atoms with van der Waals surface area (Å²) < 4.78 is 36.1. The van der Waals surface area contributed by atoms with Crippen molar-refractivity contribution < 1.29 is 17.9 Å². The lowest BCUT2D eigenvalue weighted by atomic mass is 10.2. The normalized spacial score (nSPS) is 11.1. The fourth-order valence-corrected chi connectivity index (χ4v) is 3.14. The molecule has 124 valence electrons. The summed E-state index contributed by atoms with van der Waals surface area (Å²) in [5.74, 6) is 1.01. The minimum Gasteiger partial charge on any atom is -0.493 e. The van der Waals surface area contributed by atoms with Crippen LogP contribution in [0.5, 0.6) is 11.5 Å². The van der Waals surface area contributed by atoms with Crippen molar-refractivity contribution in [2.24, 2.45) is 0 Å². The lowest BCUT2D eigenvalue weighted by molar-refractivity contribution is 0.355. The Bertz CT molecular complexity index is 775. The van der Waals surface area contributed by atoms with Gasteiger partial charge in [0.1, 0.15) is 0 Å². The Kier molecular flexibility index (Phi) is 5.38. The Morgan fingerprint density at radius 2 is 1.61 bits per heavy atom. The van der Waals surface area contributed by atoms with Gasteiger partial charge in [-0.1, -0.05) is 23.7 Å². The number of methoxy groups -OCH3 is 2. The molecule has 0 aliphatic carbocycles. The van der Waals surface area contributed by atoms with Crippen LogP contribution in [0.2, 0.25) is 5.02 Å². The number of halogens is 1. The molecule has 0 fully saturated rings. The van der Waals surface area contributed by atoms with Crippen LogP contribution in [0.25, 0.3) is 0 Å². The Morgan fingerprint density at radius 3 is 2.13 bits per heavy atom. The van der Waals surface area contributed by atoms with Crippen molar-refractivity contribution in [2.45, 2.75) is 6.54 Å². The van der Waals surface area contributed by atoms with E-state index in [1.54, 1.807) is 42.5 Å². The number of benzene rings is 2. The summed E-state index contributed by atoms with van der Waals surface area (Å²) in [5, 5.41) is 0.603. The molecule has 0 aliphatic rings. The highest BCUT2D eigenvalue weighted by Crippen LogP contribution is 2.33. The van der Waals surface area contributed by atoms with Crippen molar-refractivity contribution in [2.75, 3.05) is 24.8 Å². The van der Waals surface area contributed by atoms with Crippen LogP contribution in [0.4, 0.5) is 5.69 Å². The summed E-state index contributed by atoms with van der Waals surface area (Å²) in [4.78, 5) is 0. The number of anilines is 1. The second-order valence-corrected chi connectivity index (χ2v) is 7.28. The van der Waals surface area contributed by atoms with Crippen LogP contribution in [0.1, 0.15) is 5.56 Å². The molecule has 23 heavy (non-hydrogen) atoms. The zero-order valence-corrected chi connectivity index (χ0v) is 14.7. The summed E-state index contributed by atoms with van der Waals surface area (Å²) in [6, 6.07) is 12.0. The zero-order chi connectivity index (χ0) is 17.0. The van der Waals surface area contributed by atoms with E-state index in [4.69, 9.17) is 21.1 Å². The molecule has 2 aromatic rings. The van der Waals surface area contributed by atoms with E-state index in [0.717, 1.165) is 5.56 Å². The van der Waals surface area contributed by atoms with Gasteiger partial charge < -0.3 is 9.47 Å². The van der Waals surface area contributed by atoms with E-state index in [0.29, 0.717) is 22.2 Å². The maximum absolute atomic E-state index is 12.2. The number of rotatable bonds is 6. The molecule has 2 rings (SSSR count). The van der Waals surface area contributed by atoms with Crippen LogP contribution in [0.3, 0.4) is 0 Å². The first kappa shape index (κ1) is 17.4. The van der Waals surface area contributed by atoms with Crippen LogP contribution >= 0.6 is 11.6 Å². The fourth-order valence-electron chi connectivity index (χ4n) is 2.14. The zero-order valence-electron chi connectivity index (χ0n) is 13.1. The third-order valence-electron chi connectivity index (χ3n) is 3.29. The van der Waals surface area contributed by atoms with E-state index in [9.17, 15) is 8.42 Å². The number of hydrogen-bond acceptors (Lipinski definition) is 4. The highest BCUT2D eigenvalue weighted by Gasteiger charge is 2.19. The third kappa shape index (κ3) is 4.30. The second-order valence-electron chi connectivity index (χ2n) is 4.94. The van der Waals surface area contributed by atoms with Crippen LogP contribution in [-0.2, 0) is 16.6 Å². The molecule has 0 amide bonds. The predicted octanol–water partition coefficient (Wildman–Crippen LogP) is 3.32. The first-order chi connectivity index (χ1) is 10.8. The van der Waals surface area contributed by atoms with Gasteiger partial charge in [0, 0.05) is 11.1 Å². The van der Waals surface area contributed by atoms with Gasteiger partial charge in [-0.05, 0) is 29.8 Å². The van der Waals surface area contributed by atoms with E-state index in [-0.39, 0.29) is 6.54 Å². The highest BCUT2D eigenvalue weighted by molar-refractivity contribution is 7.92. The Hall–Kier alpha value is -1.92. The average molecular weight is 356 g/mol. The summed E-state index contributed by atoms with van der Waals surface area (Å²) in [6.07, 6.45) is 1.17. The topological polar surface area (TPSA) is 55.8 Å². The van der Waals surface area contributed by atoms with Gasteiger partial charge in [-0.3, -0.25) is 4.31 Å². The number of nitrogens with zero attached hydrogens (tertiary/aromatic N) is 1. The molecular weight excluding hydrogens is 338 g/mol. The maximum Gasteiger partial charge on any atom is 0.232 e. The molecule has 0 aliphatic heterocycles. The Labute approximate surface area is 141 Å². The maximum atomic E-state index is 12.2. The monoisotopic (exact) mass is 355 g/mol. The number of hydrogen-bond donors (Lipinski definition) is 0. The summed E-state index contributed by atoms with van der Waals surface area (Å²) in [6.45, 7) is 0.200. The molecule has 0 spiro atoms. The van der Waals surface area contributed by atoms with Crippen molar-refractivity contribution in [3.8, 4) is 11.5 Å². The molecule has 2 aromatic carbocycles. The lowest BCUT2D eigenvalue weighted by Crippen LogP contribution is -2.29. The number of ether oxygens (including phenoxy) is 2. The quantitative estimate of drug-likeness (QED) is 0.797. The number of sulfonamides is 1. The van der Waals surface area contributed by atoms with Crippen molar-refractivity contribution in [1.82, 2.24) is 0 Å². The largest absolute Gasteiger partial charge is 0.493 e. The van der Waals surface area contributed by atoms with Gasteiger partial charge in [0.25, 0.3) is 0 Å². The van der Waals surface area contributed by atoms with Gasteiger partial charge in [0.15, 0.2) is 11.5 Å². The SMILES string of the molecule is COc1ccc(N(Cc2ccc(Cl)cc2)S(C)(=O)=O)cc1OC. The average Bonchev–Trinajstić information content (AvgIpc) is 2.52. The van der Waals surface area contributed by atoms with E-state index in [1.165, 1.54) is 24.8 Å². The van der Waals surface area contributed by atoms with Gasteiger partial charge in [-0.15, -0.1) is 0 Å². The van der Waals surface area contributed by atoms with Gasteiger partial charge >= 0.3 is 0 Å². The summed E-state index contributed by atoms with van der Waals surface area (Å²) >= 11 is 5.87. The van der Waals surface area contributed by atoms with Crippen LogP contribution in [-0.4, -0.2) is 28.9 Å². The van der Waals surface area contributed by atoms with E-state index < -0.39 is 10.0 Å². The minimum atomic E-state index is -3.47. The van der Waals surface area contributed by atoms with Gasteiger partial charge in [0.2, 0.25) is 10.0 Å². The smallest absolute Gasteiger partial charge is 0.232 e. The van der Waals surface area contributed by atoms with E-state index in [2.05, 4.69) is 0 Å². The summed E-state index contributed by atoms with van der Waals surface area (Å²) in [7, 11) is -0.434. The molecule has 0 aromatic heterocycles. The Morgan fingerprint density at radius 1 is 1.00 bits per heavy atom. The molecule has 0 bridgehead atoms. The van der Waals surface area contributed by atoms with Crippen molar-refractivity contribution in [3.05, 3.63) is 53.1 Å². The third-order valence-corrected chi connectivity index (χ3v) is 4.69. The molecule has 0 atom stereocenters. The molecular formula is C16H18ClNO4S. The van der Waals surface area contributed by atoms with Crippen LogP contribution in [0.15, 0.2) is 42.5 Å². The molecule has 0 saturated heterocycles. The van der Waals surface area contributed by atoms with Crippen LogP contribution < -0.4 is 13.8 Å². The van der Waals surface area contributed by atoms with Crippen molar-refractivity contribution in [3.63, 3.8) is 0 Å². The molecule has 0 unspecified atom stereocenters. The van der Waals surface area contributed by atoms with E-state index in [1.807, 2.05) is 0 Å².